The molecule has 0 saturated heterocycles. The van der Waals surface area contributed by atoms with Crippen LogP contribution in [0, 0.1) is 5.92 Å². The number of benzene rings is 1. The molecular weight excluding hydrogens is 286 g/mol. The van der Waals surface area contributed by atoms with Crippen LogP contribution in [-0.2, 0) is 0 Å². The number of amidine groups is 1. The quantitative estimate of drug-likeness (QED) is 0.923. The summed E-state index contributed by atoms with van der Waals surface area (Å²) in [4.78, 5) is 13.6. The van der Waals surface area contributed by atoms with Crippen molar-refractivity contribution >= 4 is 33.1 Å². The molecule has 0 fully saturated rings. The van der Waals surface area contributed by atoms with E-state index in [1.165, 1.54) is 0 Å². The molecule has 5 nitrogen and oxygen atoms in total. The Morgan fingerprint density at radius 1 is 1.43 bits per heavy atom. The zero-order chi connectivity index (χ0) is 14.8. The smallest absolute Gasteiger partial charge is 0.184 e. The van der Waals surface area contributed by atoms with Crippen LogP contribution in [0.3, 0.4) is 0 Å². The molecule has 0 amide bonds. The highest BCUT2D eigenvalue weighted by atomic mass is 32.1. The van der Waals surface area contributed by atoms with Gasteiger partial charge in [0.2, 0.25) is 0 Å². The molecule has 2 aromatic rings. The first kappa shape index (κ1) is 14.2. The highest BCUT2D eigenvalue weighted by Crippen LogP contribution is 2.27. The van der Waals surface area contributed by atoms with Gasteiger partial charge in [-0.3, -0.25) is 4.99 Å². The van der Waals surface area contributed by atoms with E-state index in [9.17, 15) is 5.11 Å². The van der Waals surface area contributed by atoms with Crippen LogP contribution >= 0.6 is 11.3 Å². The van der Waals surface area contributed by atoms with E-state index in [0.717, 1.165) is 33.1 Å². The van der Waals surface area contributed by atoms with Crippen LogP contribution in [0.15, 0.2) is 28.2 Å². The lowest BCUT2D eigenvalue weighted by atomic mass is 10.0. The van der Waals surface area contributed by atoms with Crippen molar-refractivity contribution in [2.45, 2.75) is 13.3 Å². The highest BCUT2D eigenvalue weighted by molar-refractivity contribution is 7.20. The Balaban J connectivity index is 1.91. The van der Waals surface area contributed by atoms with Crippen molar-refractivity contribution in [1.29, 1.82) is 0 Å². The molecule has 1 N–H and O–H groups in total. The van der Waals surface area contributed by atoms with Crippen LogP contribution in [0.1, 0.15) is 18.4 Å². The summed E-state index contributed by atoms with van der Waals surface area (Å²) in [5.74, 6) is 1.60. The van der Waals surface area contributed by atoms with E-state index in [1.54, 1.807) is 18.4 Å². The van der Waals surface area contributed by atoms with E-state index in [2.05, 4.69) is 15.0 Å². The highest BCUT2D eigenvalue weighted by Gasteiger charge is 2.21. The number of aliphatic hydroxyl groups excluding tert-OH is 1. The molecule has 110 valence electrons. The van der Waals surface area contributed by atoms with Gasteiger partial charge in [0.1, 0.15) is 5.75 Å². The van der Waals surface area contributed by atoms with E-state index in [0.29, 0.717) is 12.4 Å². The van der Waals surface area contributed by atoms with Crippen LogP contribution in [0.25, 0.3) is 10.2 Å². The zero-order valence-corrected chi connectivity index (χ0v) is 12.9. The first-order valence-electron chi connectivity index (χ1n) is 6.92. The average molecular weight is 303 g/mol. The molecule has 0 radical (unpaired) electrons. The number of aliphatic hydroxyl groups is 1. The molecule has 2 heterocycles. The summed E-state index contributed by atoms with van der Waals surface area (Å²) in [6.07, 6.45) is 0.870. The maximum atomic E-state index is 9.36. The van der Waals surface area contributed by atoms with Crippen molar-refractivity contribution in [3.8, 4) is 5.75 Å². The number of methoxy groups -OCH3 is 1. The molecule has 21 heavy (non-hydrogen) atoms. The Bertz CT molecular complexity index is 717. The van der Waals surface area contributed by atoms with E-state index in [-0.39, 0.29) is 12.5 Å². The predicted octanol–water partition coefficient (Wildman–Crippen LogP) is 2.52. The Labute approximate surface area is 127 Å². The van der Waals surface area contributed by atoms with Crippen LogP contribution < -0.4 is 4.74 Å². The number of aliphatic imine (C=N–C) groups is 2. The van der Waals surface area contributed by atoms with Crippen LogP contribution in [0.4, 0.5) is 0 Å². The Kier molecular flexibility index (Phi) is 3.98. The molecule has 0 unspecified atom stereocenters. The number of hydrogen-bond donors (Lipinski definition) is 1. The second-order valence-electron chi connectivity index (χ2n) is 4.88. The number of aromatic nitrogens is 1. The van der Waals surface area contributed by atoms with Crippen molar-refractivity contribution in [2.24, 2.45) is 15.9 Å². The molecule has 3 rings (SSSR count). The fraction of sp³-hybridized carbons (Fsp3) is 0.400. The lowest BCUT2D eigenvalue weighted by molar-refractivity contribution is 0.258. The monoisotopic (exact) mass is 303 g/mol. The van der Waals surface area contributed by atoms with Gasteiger partial charge in [-0.25, -0.2) is 9.98 Å². The second-order valence-corrected chi connectivity index (χ2v) is 5.91. The van der Waals surface area contributed by atoms with Crippen molar-refractivity contribution in [3.05, 3.63) is 23.2 Å². The van der Waals surface area contributed by atoms with Crippen molar-refractivity contribution in [3.63, 3.8) is 0 Å². The van der Waals surface area contributed by atoms with Gasteiger partial charge in [0.15, 0.2) is 10.8 Å². The van der Waals surface area contributed by atoms with Crippen molar-refractivity contribution in [2.75, 3.05) is 20.3 Å². The van der Waals surface area contributed by atoms with Crippen molar-refractivity contribution < 1.29 is 9.84 Å². The first-order valence-corrected chi connectivity index (χ1v) is 7.74. The van der Waals surface area contributed by atoms with E-state index < -0.39 is 0 Å². The van der Waals surface area contributed by atoms with Gasteiger partial charge >= 0.3 is 0 Å². The SMILES string of the molecule is CC[C@@H](CO)C1=NC(c2nc3ccc(OC)cc3s2)=NC1. The minimum atomic E-state index is 0.0979. The maximum Gasteiger partial charge on any atom is 0.184 e. The van der Waals surface area contributed by atoms with Gasteiger partial charge in [-0.1, -0.05) is 6.92 Å². The molecule has 0 spiro atoms. The third kappa shape index (κ3) is 2.69. The van der Waals surface area contributed by atoms with Gasteiger partial charge < -0.3 is 9.84 Å². The molecular formula is C15H17N3O2S. The molecule has 0 bridgehead atoms. The van der Waals surface area contributed by atoms with Crippen LogP contribution in [0.2, 0.25) is 0 Å². The summed E-state index contributed by atoms with van der Waals surface area (Å²) >= 11 is 1.56. The van der Waals surface area contributed by atoms with Crippen molar-refractivity contribution in [1.82, 2.24) is 4.98 Å². The van der Waals surface area contributed by atoms with Crippen LogP contribution in [-0.4, -0.2) is 41.9 Å². The summed E-state index contributed by atoms with van der Waals surface area (Å²) in [5.41, 5.74) is 1.88. The molecule has 0 aliphatic carbocycles. The van der Waals surface area contributed by atoms with E-state index in [4.69, 9.17) is 4.74 Å². The first-order chi connectivity index (χ1) is 10.2. The largest absolute Gasteiger partial charge is 0.497 e. The summed E-state index contributed by atoms with van der Waals surface area (Å²) in [6, 6.07) is 5.81. The molecule has 0 saturated carbocycles. The molecule has 1 aliphatic rings. The third-order valence-electron chi connectivity index (χ3n) is 3.61. The number of fused-ring (bicyclic) bond motifs is 1. The fourth-order valence-electron chi connectivity index (χ4n) is 2.30. The third-order valence-corrected chi connectivity index (χ3v) is 4.63. The molecule has 1 atom stereocenters. The maximum absolute atomic E-state index is 9.36. The van der Waals surface area contributed by atoms with Gasteiger partial charge in [0.05, 0.1) is 30.5 Å². The van der Waals surface area contributed by atoms with Gasteiger partial charge in [-0.2, -0.15) is 0 Å². The number of hydrogen-bond acceptors (Lipinski definition) is 6. The average Bonchev–Trinajstić information content (AvgIpc) is 3.14. The molecule has 1 aromatic carbocycles. The summed E-state index contributed by atoms with van der Waals surface area (Å²) in [5, 5.41) is 10.2. The summed E-state index contributed by atoms with van der Waals surface area (Å²) < 4.78 is 6.29. The molecule has 1 aliphatic heterocycles. The van der Waals surface area contributed by atoms with E-state index in [1.807, 2.05) is 25.1 Å². The van der Waals surface area contributed by atoms with Gasteiger partial charge in [0.25, 0.3) is 0 Å². The predicted molar refractivity (Wildman–Crippen MR) is 85.9 cm³/mol. The number of nitrogens with zero attached hydrogens (tertiary/aromatic N) is 3. The Morgan fingerprint density at radius 2 is 2.29 bits per heavy atom. The minimum Gasteiger partial charge on any atom is -0.497 e. The lowest BCUT2D eigenvalue weighted by Crippen LogP contribution is -2.18. The molecule has 6 heteroatoms. The number of thiazole rings is 1. The lowest BCUT2D eigenvalue weighted by Gasteiger charge is -2.09. The minimum absolute atomic E-state index is 0.0979. The Hall–Kier alpha value is -1.79. The van der Waals surface area contributed by atoms with Gasteiger partial charge in [0, 0.05) is 11.6 Å². The van der Waals surface area contributed by atoms with Gasteiger partial charge in [-0.15, -0.1) is 11.3 Å². The standard InChI is InChI=1S/C15H17N3O2S/c1-3-9(8-19)12-7-16-14(17-12)15-18-11-5-4-10(20-2)6-13(11)21-15/h4-6,9,19H,3,7-8H2,1-2H3/t9-/m0/s1. The summed E-state index contributed by atoms with van der Waals surface area (Å²) in [6.45, 7) is 2.73. The molecule has 1 aromatic heterocycles. The fourth-order valence-corrected chi connectivity index (χ4v) is 3.24. The van der Waals surface area contributed by atoms with E-state index >= 15 is 0 Å². The van der Waals surface area contributed by atoms with Crippen LogP contribution in [0.5, 0.6) is 5.75 Å². The number of ether oxygens (including phenoxy) is 1. The normalized spacial score (nSPS) is 16.0. The zero-order valence-electron chi connectivity index (χ0n) is 12.0. The van der Waals surface area contributed by atoms with Gasteiger partial charge in [-0.05, 0) is 24.6 Å². The second kappa shape index (κ2) is 5.91. The summed E-state index contributed by atoms with van der Waals surface area (Å²) in [7, 11) is 1.65. The number of rotatable bonds is 5. The topological polar surface area (TPSA) is 67.1 Å². The Morgan fingerprint density at radius 3 is 3.00 bits per heavy atom.